The van der Waals surface area contributed by atoms with Crippen LogP contribution in [0.5, 0.6) is 0 Å². The van der Waals surface area contributed by atoms with Crippen LogP contribution >= 0.6 is 11.6 Å². The SMILES string of the molecule is Fc1cc(Cl)ccc1CN1Cc2cc3ccccc3nc2CC2CCCN2c2ccccc21. The number of fused-ring (bicyclic) bond motifs is 5. The lowest BCUT2D eigenvalue weighted by atomic mass is 10.0. The van der Waals surface area contributed by atoms with Crippen molar-refractivity contribution in [2.24, 2.45) is 0 Å². The van der Waals surface area contributed by atoms with Crippen molar-refractivity contribution in [1.29, 1.82) is 0 Å². The van der Waals surface area contributed by atoms with Crippen molar-refractivity contribution in [3.63, 3.8) is 0 Å². The third-order valence-corrected chi connectivity index (χ3v) is 7.20. The molecular weight excluding hydrogens is 433 g/mol. The Bertz CT molecular complexity index is 1340. The van der Waals surface area contributed by atoms with Crippen molar-refractivity contribution in [2.75, 3.05) is 16.3 Å². The molecule has 166 valence electrons. The molecule has 2 aliphatic rings. The number of hydrogen-bond donors (Lipinski definition) is 0. The van der Waals surface area contributed by atoms with E-state index in [1.165, 1.54) is 23.7 Å². The van der Waals surface area contributed by atoms with Gasteiger partial charge in [0.15, 0.2) is 0 Å². The average molecular weight is 458 g/mol. The van der Waals surface area contributed by atoms with E-state index in [0.29, 0.717) is 29.7 Å². The number of halogens is 2. The van der Waals surface area contributed by atoms with Gasteiger partial charge >= 0.3 is 0 Å². The normalized spacial score (nSPS) is 17.7. The molecule has 1 saturated heterocycles. The summed E-state index contributed by atoms with van der Waals surface area (Å²) in [4.78, 5) is 9.93. The van der Waals surface area contributed by atoms with Crippen LogP contribution in [0.25, 0.3) is 10.9 Å². The Morgan fingerprint density at radius 1 is 0.970 bits per heavy atom. The maximum absolute atomic E-state index is 14.8. The van der Waals surface area contributed by atoms with Gasteiger partial charge in [-0.25, -0.2) is 4.39 Å². The van der Waals surface area contributed by atoms with E-state index >= 15 is 0 Å². The number of anilines is 2. The molecule has 0 radical (unpaired) electrons. The van der Waals surface area contributed by atoms with Gasteiger partial charge in [0.25, 0.3) is 0 Å². The highest BCUT2D eigenvalue weighted by atomic mass is 35.5. The highest BCUT2D eigenvalue weighted by Crippen LogP contribution is 2.39. The van der Waals surface area contributed by atoms with Gasteiger partial charge in [-0.05, 0) is 54.8 Å². The van der Waals surface area contributed by atoms with Gasteiger partial charge in [0.05, 0.1) is 16.9 Å². The van der Waals surface area contributed by atoms with Gasteiger partial charge in [0.1, 0.15) is 5.82 Å². The van der Waals surface area contributed by atoms with Gasteiger partial charge in [0.2, 0.25) is 0 Å². The van der Waals surface area contributed by atoms with Crippen LogP contribution in [-0.2, 0) is 19.5 Å². The molecule has 5 heteroatoms. The fourth-order valence-corrected chi connectivity index (χ4v) is 5.52. The van der Waals surface area contributed by atoms with Crippen LogP contribution in [0.2, 0.25) is 5.02 Å². The molecule has 0 N–H and O–H groups in total. The van der Waals surface area contributed by atoms with Crippen LogP contribution in [0.1, 0.15) is 29.7 Å². The standard InChI is InChI=1S/C28H25ClFN3/c29-22-12-11-20(24(30)15-22)17-32-18-21-14-19-6-1-2-8-25(19)31-26(21)16-23-7-5-13-33(23)28-10-4-3-9-27(28)32/h1-4,6,8-12,14-15,23H,5,7,13,16-18H2. The smallest absolute Gasteiger partial charge is 0.129 e. The molecule has 0 saturated carbocycles. The predicted octanol–water partition coefficient (Wildman–Crippen LogP) is 6.76. The minimum absolute atomic E-state index is 0.268. The van der Waals surface area contributed by atoms with E-state index < -0.39 is 0 Å². The van der Waals surface area contributed by atoms with Gasteiger partial charge in [0, 0.05) is 53.8 Å². The van der Waals surface area contributed by atoms with Crippen molar-refractivity contribution in [3.8, 4) is 0 Å². The van der Waals surface area contributed by atoms with Crippen molar-refractivity contribution in [2.45, 2.75) is 38.4 Å². The molecule has 4 aromatic rings. The number of aromatic nitrogens is 1. The van der Waals surface area contributed by atoms with Crippen LogP contribution < -0.4 is 9.80 Å². The fourth-order valence-electron chi connectivity index (χ4n) is 5.36. The third-order valence-electron chi connectivity index (χ3n) is 6.97. The molecule has 33 heavy (non-hydrogen) atoms. The van der Waals surface area contributed by atoms with Crippen molar-refractivity contribution in [3.05, 3.63) is 100 Å². The Morgan fingerprint density at radius 3 is 2.67 bits per heavy atom. The van der Waals surface area contributed by atoms with E-state index in [1.807, 2.05) is 6.07 Å². The van der Waals surface area contributed by atoms with E-state index in [1.54, 1.807) is 12.1 Å². The van der Waals surface area contributed by atoms with Gasteiger partial charge in [-0.15, -0.1) is 0 Å². The predicted molar refractivity (Wildman–Crippen MR) is 134 cm³/mol. The summed E-state index contributed by atoms with van der Waals surface area (Å²) >= 11 is 6.02. The van der Waals surface area contributed by atoms with E-state index in [4.69, 9.17) is 16.6 Å². The number of pyridine rings is 1. The Morgan fingerprint density at radius 2 is 1.79 bits per heavy atom. The molecule has 1 fully saturated rings. The molecule has 3 aromatic carbocycles. The van der Waals surface area contributed by atoms with E-state index in [0.717, 1.165) is 41.7 Å². The molecule has 3 heterocycles. The van der Waals surface area contributed by atoms with Crippen molar-refractivity contribution >= 4 is 33.9 Å². The summed E-state index contributed by atoms with van der Waals surface area (Å²) in [6.07, 6.45) is 3.26. The lowest BCUT2D eigenvalue weighted by Crippen LogP contribution is -2.32. The second kappa shape index (κ2) is 8.35. The largest absolute Gasteiger partial charge is 0.366 e. The van der Waals surface area contributed by atoms with Gasteiger partial charge < -0.3 is 9.80 Å². The number of rotatable bonds is 2. The minimum atomic E-state index is -0.268. The molecule has 1 unspecified atom stereocenters. The molecule has 0 spiro atoms. The minimum Gasteiger partial charge on any atom is -0.366 e. The van der Waals surface area contributed by atoms with Gasteiger partial charge in [-0.2, -0.15) is 0 Å². The summed E-state index contributed by atoms with van der Waals surface area (Å²) in [5.74, 6) is -0.268. The molecule has 3 nitrogen and oxygen atoms in total. The van der Waals surface area contributed by atoms with Crippen LogP contribution in [0.3, 0.4) is 0 Å². The first-order chi connectivity index (χ1) is 16.2. The van der Waals surface area contributed by atoms with Crippen LogP contribution in [-0.4, -0.2) is 17.6 Å². The summed E-state index contributed by atoms with van der Waals surface area (Å²) in [6, 6.07) is 24.5. The molecule has 0 aliphatic carbocycles. The lowest BCUT2D eigenvalue weighted by Gasteiger charge is -2.32. The van der Waals surface area contributed by atoms with Crippen LogP contribution in [0.15, 0.2) is 72.8 Å². The van der Waals surface area contributed by atoms with E-state index in [9.17, 15) is 4.39 Å². The van der Waals surface area contributed by atoms with Gasteiger partial charge in [-0.1, -0.05) is 48.0 Å². The quantitative estimate of drug-likeness (QED) is 0.331. The number of nitrogens with zero attached hydrogens (tertiary/aromatic N) is 3. The molecule has 0 amide bonds. The highest BCUT2D eigenvalue weighted by molar-refractivity contribution is 6.30. The van der Waals surface area contributed by atoms with E-state index in [-0.39, 0.29) is 5.82 Å². The first-order valence-electron chi connectivity index (χ1n) is 11.6. The first-order valence-corrected chi connectivity index (χ1v) is 12.0. The second-order valence-corrected chi connectivity index (χ2v) is 9.50. The topological polar surface area (TPSA) is 19.4 Å². The number of hydrogen-bond acceptors (Lipinski definition) is 3. The number of para-hydroxylation sites is 3. The number of benzene rings is 3. The maximum Gasteiger partial charge on any atom is 0.129 e. The summed E-state index contributed by atoms with van der Waals surface area (Å²) in [5, 5.41) is 1.56. The van der Waals surface area contributed by atoms with Gasteiger partial charge in [-0.3, -0.25) is 4.98 Å². The molecule has 1 aromatic heterocycles. The Balaban J connectivity index is 1.52. The molecule has 0 bridgehead atoms. The zero-order chi connectivity index (χ0) is 22.4. The zero-order valence-electron chi connectivity index (χ0n) is 18.3. The van der Waals surface area contributed by atoms with Crippen molar-refractivity contribution in [1.82, 2.24) is 4.98 Å². The summed E-state index contributed by atoms with van der Waals surface area (Å²) in [7, 11) is 0. The van der Waals surface area contributed by atoms with Crippen molar-refractivity contribution < 1.29 is 4.39 Å². The second-order valence-electron chi connectivity index (χ2n) is 9.06. The van der Waals surface area contributed by atoms with E-state index in [2.05, 4.69) is 58.3 Å². The van der Waals surface area contributed by atoms with Crippen LogP contribution in [0, 0.1) is 5.82 Å². The molecule has 2 aliphatic heterocycles. The monoisotopic (exact) mass is 457 g/mol. The Labute approximate surface area is 198 Å². The fraction of sp³-hybridized carbons (Fsp3) is 0.250. The summed E-state index contributed by atoms with van der Waals surface area (Å²) in [6.45, 7) is 2.17. The highest BCUT2D eigenvalue weighted by Gasteiger charge is 2.31. The maximum atomic E-state index is 14.8. The molecule has 1 atom stereocenters. The first kappa shape index (κ1) is 20.5. The third kappa shape index (κ3) is 3.83. The summed E-state index contributed by atoms with van der Waals surface area (Å²) < 4.78 is 14.8. The lowest BCUT2D eigenvalue weighted by molar-refractivity contribution is 0.603. The average Bonchev–Trinajstić information content (AvgIpc) is 3.29. The van der Waals surface area contributed by atoms with Crippen LogP contribution in [0.4, 0.5) is 15.8 Å². The molecular formula is C28H25ClFN3. The molecule has 6 rings (SSSR count). The zero-order valence-corrected chi connectivity index (χ0v) is 19.1. The summed E-state index contributed by atoms with van der Waals surface area (Å²) in [5.41, 5.74) is 6.41. The Kier molecular flexibility index (Phi) is 5.18. The Hall–Kier alpha value is -3.11.